The van der Waals surface area contributed by atoms with Crippen LogP contribution in [-0.2, 0) is 6.54 Å². The van der Waals surface area contributed by atoms with Gasteiger partial charge in [0.15, 0.2) is 0 Å². The number of aldehydes is 1. The van der Waals surface area contributed by atoms with Crippen LogP contribution in [0.1, 0.15) is 15.9 Å². The van der Waals surface area contributed by atoms with E-state index in [-0.39, 0.29) is 0 Å². The van der Waals surface area contributed by atoms with Crippen LogP contribution >= 0.6 is 0 Å². The van der Waals surface area contributed by atoms with Gasteiger partial charge in [-0.2, -0.15) is 0 Å². The van der Waals surface area contributed by atoms with Crippen molar-refractivity contribution in [2.75, 3.05) is 5.32 Å². The second-order valence-corrected chi connectivity index (χ2v) is 3.45. The molecule has 0 unspecified atom stereocenters. The fourth-order valence-electron chi connectivity index (χ4n) is 1.43. The summed E-state index contributed by atoms with van der Waals surface area (Å²) in [6.45, 7) is 0.727. The van der Waals surface area contributed by atoms with Crippen molar-refractivity contribution in [3.05, 3.63) is 59.9 Å². The first-order valence-corrected chi connectivity index (χ1v) is 5.06. The summed E-state index contributed by atoms with van der Waals surface area (Å²) in [4.78, 5) is 14.6. The zero-order chi connectivity index (χ0) is 11.2. The molecule has 0 saturated heterocycles. The Morgan fingerprint density at radius 1 is 1.19 bits per heavy atom. The van der Waals surface area contributed by atoms with Gasteiger partial charge in [0.25, 0.3) is 0 Å². The van der Waals surface area contributed by atoms with E-state index in [2.05, 4.69) is 10.3 Å². The lowest BCUT2D eigenvalue weighted by Gasteiger charge is -2.06. The molecule has 0 aliphatic heterocycles. The molecule has 0 amide bonds. The van der Waals surface area contributed by atoms with Gasteiger partial charge in [0, 0.05) is 30.2 Å². The van der Waals surface area contributed by atoms with E-state index in [0.29, 0.717) is 5.56 Å². The van der Waals surface area contributed by atoms with Crippen molar-refractivity contribution in [2.45, 2.75) is 6.54 Å². The number of carbonyl (C=O) groups is 1. The minimum Gasteiger partial charge on any atom is -0.381 e. The van der Waals surface area contributed by atoms with Crippen molar-refractivity contribution in [3.8, 4) is 0 Å². The van der Waals surface area contributed by atoms with Crippen molar-refractivity contribution in [1.82, 2.24) is 4.98 Å². The SMILES string of the molecule is O=Cc1cccc(NCc2ccncc2)c1. The van der Waals surface area contributed by atoms with Crippen molar-refractivity contribution in [3.63, 3.8) is 0 Å². The summed E-state index contributed by atoms with van der Waals surface area (Å²) in [7, 11) is 0. The van der Waals surface area contributed by atoms with E-state index in [0.717, 1.165) is 24.1 Å². The summed E-state index contributed by atoms with van der Waals surface area (Å²) < 4.78 is 0. The van der Waals surface area contributed by atoms with Gasteiger partial charge in [0.1, 0.15) is 6.29 Å². The van der Waals surface area contributed by atoms with Crippen molar-refractivity contribution in [1.29, 1.82) is 0 Å². The van der Waals surface area contributed by atoms with Gasteiger partial charge in [0.2, 0.25) is 0 Å². The number of hydrogen-bond acceptors (Lipinski definition) is 3. The van der Waals surface area contributed by atoms with Crippen LogP contribution in [0.5, 0.6) is 0 Å². The first-order valence-electron chi connectivity index (χ1n) is 5.06. The predicted molar refractivity (Wildman–Crippen MR) is 63.4 cm³/mol. The summed E-state index contributed by atoms with van der Waals surface area (Å²) in [5, 5.41) is 3.25. The van der Waals surface area contributed by atoms with E-state index in [1.165, 1.54) is 0 Å². The van der Waals surface area contributed by atoms with Gasteiger partial charge < -0.3 is 5.32 Å². The van der Waals surface area contributed by atoms with Crippen molar-refractivity contribution in [2.24, 2.45) is 0 Å². The van der Waals surface area contributed by atoms with Gasteiger partial charge in [-0.15, -0.1) is 0 Å². The summed E-state index contributed by atoms with van der Waals surface area (Å²) >= 11 is 0. The number of pyridine rings is 1. The maximum absolute atomic E-state index is 10.6. The normalized spacial score (nSPS) is 9.75. The quantitative estimate of drug-likeness (QED) is 0.792. The molecule has 1 aromatic heterocycles. The number of anilines is 1. The van der Waals surface area contributed by atoms with Gasteiger partial charge in [-0.25, -0.2) is 0 Å². The summed E-state index contributed by atoms with van der Waals surface area (Å²) in [6, 6.07) is 11.3. The molecule has 0 aliphatic rings. The lowest BCUT2D eigenvalue weighted by atomic mass is 10.2. The number of benzene rings is 1. The molecule has 2 rings (SSSR count). The number of nitrogens with zero attached hydrogens (tertiary/aromatic N) is 1. The zero-order valence-electron chi connectivity index (χ0n) is 8.76. The predicted octanol–water partition coefficient (Wildman–Crippen LogP) is 2.51. The molecule has 0 fully saturated rings. The molecule has 3 nitrogen and oxygen atoms in total. The summed E-state index contributed by atoms with van der Waals surface area (Å²) in [6.07, 6.45) is 4.37. The van der Waals surface area contributed by atoms with Crippen LogP contribution in [0.15, 0.2) is 48.8 Å². The highest BCUT2D eigenvalue weighted by molar-refractivity contribution is 5.76. The first-order chi connectivity index (χ1) is 7.88. The Labute approximate surface area is 94.1 Å². The fourth-order valence-corrected chi connectivity index (χ4v) is 1.43. The Morgan fingerprint density at radius 3 is 2.75 bits per heavy atom. The van der Waals surface area contributed by atoms with Crippen molar-refractivity contribution < 1.29 is 4.79 Å². The average Bonchev–Trinajstić information content (AvgIpc) is 2.38. The topological polar surface area (TPSA) is 42.0 Å². The fraction of sp³-hybridized carbons (Fsp3) is 0.0769. The largest absolute Gasteiger partial charge is 0.381 e. The lowest BCUT2D eigenvalue weighted by Crippen LogP contribution is -1.99. The van der Waals surface area contributed by atoms with E-state index in [4.69, 9.17) is 0 Å². The van der Waals surface area contributed by atoms with Crippen LogP contribution in [0.2, 0.25) is 0 Å². The van der Waals surface area contributed by atoms with Crippen LogP contribution in [0.3, 0.4) is 0 Å². The highest BCUT2D eigenvalue weighted by Gasteiger charge is 1.95. The maximum atomic E-state index is 10.6. The Hall–Kier alpha value is -2.16. The van der Waals surface area contributed by atoms with Crippen molar-refractivity contribution >= 4 is 12.0 Å². The molecule has 1 aromatic carbocycles. The van der Waals surface area contributed by atoms with Crippen LogP contribution in [0, 0.1) is 0 Å². The molecule has 80 valence electrons. The Bertz CT molecular complexity index is 468. The van der Waals surface area contributed by atoms with Gasteiger partial charge in [-0.3, -0.25) is 9.78 Å². The van der Waals surface area contributed by atoms with Gasteiger partial charge in [-0.05, 0) is 29.8 Å². The summed E-state index contributed by atoms with van der Waals surface area (Å²) in [5.41, 5.74) is 2.78. The van der Waals surface area contributed by atoms with Crippen LogP contribution in [-0.4, -0.2) is 11.3 Å². The Balaban J connectivity index is 2.02. The van der Waals surface area contributed by atoms with Gasteiger partial charge in [-0.1, -0.05) is 12.1 Å². The van der Waals surface area contributed by atoms with Crippen LogP contribution in [0.4, 0.5) is 5.69 Å². The molecule has 0 radical (unpaired) electrons. The van der Waals surface area contributed by atoms with Gasteiger partial charge >= 0.3 is 0 Å². The molecular formula is C13H12N2O. The number of nitrogens with one attached hydrogen (secondary N) is 1. The maximum Gasteiger partial charge on any atom is 0.150 e. The lowest BCUT2D eigenvalue weighted by molar-refractivity contribution is 0.112. The minimum atomic E-state index is 0.680. The second-order valence-electron chi connectivity index (χ2n) is 3.45. The monoisotopic (exact) mass is 212 g/mol. The van der Waals surface area contributed by atoms with E-state index < -0.39 is 0 Å². The molecule has 3 heteroatoms. The molecule has 0 saturated carbocycles. The molecule has 1 N–H and O–H groups in total. The molecule has 0 bridgehead atoms. The molecule has 1 heterocycles. The number of aromatic nitrogens is 1. The molecule has 0 spiro atoms. The van der Waals surface area contributed by atoms with E-state index >= 15 is 0 Å². The highest BCUT2D eigenvalue weighted by atomic mass is 16.1. The smallest absolute Gasteiger partial charge is 0.150 e. The zero-order valence-corrected chi connectivity index (χ0v) is 8.76. The van der Waals surface area contributed by atoms with E-state index in [9.17, 15) is 4.79 Å². The highest BCUT2D eigenvalue weighted by Crippen LogP contribution is 2.10. The molecule has 0 atom stereocenters. The second kappa shape index (κ2) is 5.07. The van der Waals surface area contributed by atoms with E-state index in [1.54, 1.807) is 18.5 Å². The van der Waals surface area contributed by atoms with E-state index in [1.807, 2.05) is 30.3 Å². The third kappa shape index (κ3) is 2.67. The standard InChI is InChI=1S/C13H12N2O/c16-10-12-2-1-3-13(8-12)15-9-11-4-6-14-7-5-11/h1-8,10,15H,9H2. The van der Waals surface area contributed by atoms with Crippen LogP contribution < -0.4 is 5.32 Å². The molecule has 16 heavy (non-hydrogen) atoms. The molecule has 0 aliphatic carbocycles. The Morgan fingerprint density at radius 2 is 2.00 bits per heavy atom. The summed E-state index contributed by atoms with van der Waals surface area (Å²) in [5.74, 6) is 0. The van der Waals surface area contributed by atoms with Gasteiger partial charge in [0.05, 0.1) is 0 Å². The molecular weight excluding hydrogens is 200 g/mol. The first kappa shape index (κ1) is 10.4. The number of hydrogen-bond donors (Lipinski definition) is 1. The van der Waals surface area contributed by atoms with Crippen LogP contribution in [0.25, 0.3) is 0 Å². The molecule has 2 aromatic rings. The average molecular weight is 212 g/mol. The minimum absolute atomic E-state index is 0.680. The number of carbonyl (C=O) groups excluding carboxylic acids is 1. The number of rotatable bonds is 4. The third-order valence-electron chi connectivity index (χ3n) is 2.27. The Kier molecular flexibility index (Phi) is 3.28. The third-order valence-corrected chi connectivity index (χ3v) is 2.27.